The lowest BCUT2D eigenvalue weighted by Crippen LogP contribution is -2.38. The average Bonchev–Trinajstić information content (AvgIpc) is 3.38. The predicted molar refractivity (Wildman–Crippen MR) is 104 cm³/mol. The number of alkyl halides is 3. The number of likely N-dealkylation sites (tertiary alicyclic amines) is 1. The van der Waals surface area contributed by atoms with Crippen molar-refractivity contribution in [2.45, 2.75) is 63.6 Å². The molecule has 1 saturated carbocycles. The van der Waals surface area contributed by atoms with E-state index in [1.807, 2.05) is 4.90 Å². The van der Waals surface area contributed by atoms with Gasteiger partial charge in [-0.3, -0.25) is 4.79 Å². The average molecular weight is 424 g/mol. The molecule has 2 aromatic heterocycles. The lowest BCUT2D eigenvalue weighted by Gasteiger charge is -2.30. The second-order valence-corrected chi connectivity index (χ2v) is 8.31. The summed E-state index contributed by atoms with van der Waals surface area (Å²) in [6, 6.07) is 2.69. The number of hydrogen-bond donors (Lipinski definition) is 0. The molecule has 1 saturated heterocycles. The lowest BCUT2D eigenvalue weighted by molar-refractivity contribution is -0.142. The molecule has 0 bridgehead atoms. The molecule has 0 unspecified atom stereocenters. The standard InChI is InChI=1S/C21H27F3N4O2/c1-3-15-10-18(21(22,23)24)28-19(25-15)11-17(26-28)14-7-8-27(12-14)20(29)13-5-4-6-16(9-13)30-2/h10-11,13-14,16H,3-9,12H2,1-2H3/t13-,14+,16-/m0/s1. The third-order valence-corrected chi connectivity index (χ3v) is 6.38. The summed E-state index contributed by atoms with van der Waals surface area (Å²) in [7, 11) is 1.68. The van der Waals surface area contributed by atoms with Crippen molar-refractivity contribution in [2.75, 3.05) is 20.2 Å². The number of ether oxygens (including phenoxy) is 1. The van der Waals surface area contributed by atoms with Crippen LogP contribution >= 0.6 is 0 Å². The molecule has 0 N–H and O–H groups in total. The normalized spacial score (nSPS) is 25.2. The van der Waals surface area contributed by atoms with Crippen LogP contribution in [0, 0.1) is 5.92 Å². The van der Waals surface area contributed by atoms with Gasteiger partial charge in [0.05, 0.1) is 11.8 Å². The van der Waals surface area contributed by atoms with Crippen LogP contribution in [0.15, 0.2) is 12.1 Å². The Balaban J connectivity index is 1.53. The molecule has 30 heavy (non-hydrogen) atoms. The molecule has 1 aliphatic heterocycles. The van der Waals surface area contributed by atoms with E-state index in [4.69, 9.17) is 4.74 Å². The highest BCUT2D eigenvalue weighted by Crippen LogP contribution is 2.34. The van der Waals surface area contributed by atoms with E-state index in [9.17, 15) is 18.0 Å². The van der Waals surface area contributed by atoms with Crippen LogP contribution in [0.5, 0.6) is 0 Å². The minimum absolute atomic E-state index is 0.0332. The molecule has 2 aliphatic rings. The first kappa shape index (κ1) is 21.1. The summed E-state index contributed by atoms with van der Waals surface area (Å²) in [5.41, 5.74) is 0.343. The summed E-state index contributed by atoms with van der Waals surface area (Å²) < 4.78 is 46.8. The van der Waals surface area contributed by atoms with Gasteiger partial charge in [-0.25, -0.2) is 9.50 Å². The highest BCUT2D eigenvalue weighted by atomic mass is 19.4. The van der Waals surface area contributed by atoms with E-state index in [2.05, 4.69) is 10.1 Å². The molecule has 6 nitrogen and oxygen atoms in total. The summed E-state index contributed by atoms with van der Waals surface area (Å²) in [6.45, 7) is 2.86. The minimum Gasteiger partial charge on any atom is -0.381 e. The summed E-state index contributed by atoms with van der Waals surface area (Å²) >= 11 is 0. The minimum atomic E-state index is -4.51. The third-order valence-electron chi connectivity index (χ3n) is 6.38. The Kier molecular flexibility index (Phi) is 5.74. The van der Waals surface area contributed by atoms with Gasteiger partial charge in [-0.2, -0.15) is 18.3 Å². The predicted octanol–water partition coefficient (Wildman–Crippen LogP) is 3.83. The van der Waals surface area contributed by atoms with E-state index < -0.39 is 11.9 Å². The number of rotatable bonds is 4. The van der Waals surface area contributed by atoms with Crippen LogP contribution in [-0.4, -0.2) is 51.7 Å². The van der Waals surface area contributed by atoms with Gasteiger partial charge in [-0.05, 0) is 38.2 Å². The van der Waals surface area contributed by atoms with Gasteiger partial charge in [0.15, 0.2) is 5.65 Å². The van der Waals surface area contributed by atoms with Gasteiger partial charge in [-0.1, -0.05) is 13.3 Å². The van der Waals surface area contributed by atoms with Crippen molar-refractivity contribution in [3.8, 4) is 0 Å². The first-order chi connectivity index (χ1) is 14.3. The first-order valence-electron chi connectivity index (χ1n) is 10.6. The Labute approximate surface area is 173 Å². The van der Waals surface area contributed by atoms with E-state index in [0.717, 1.165) is 36.3 Å². The summed E-state index contributed by atoms with van der Waals surface area (Å²) in [5, 5.41) is 4.24. The number of aromatic nitrogens is 3. The van der Waals surface area contributed by atoms with E-state index >= 15 is 0 Å². The molecule has 0 aromatic carbocycles. The van der Waals surface area contributed by atoms with Crippen molar-refractivity contribution in [1.82, 2.24) is 19.5 Å². The van der Waals surface area contributed by atoms with Crippen molar-refractivity contribution >= 4 is 11.6 Å². The van der Waals surface area contributed by atoms with Crippen molar-refractivity contribution < 1.29 is 22.7 Å². The van der Waals surface area contributed by atoms with Crippen LogP contribution in [0.2, 0.25) is 0 Å². The van der Waals surface area contributed by atoms with Crippen LogP contribution < -0.4 is 0 Å². The molecular weight excluding hydrogens is 397 g/mol. The molecular formula is C21H27F3N4O2. The Hall–Kier alpha value is -2.16. The van der Waals surface area contributed by atoms with Gasteiger partial charge in [-0.15, -0.1) is 0 Å². The number of carbonyl (C=O) groups excluding carboxylic acids is 1. The van der Waals surface area contributed by atoms with Crippen LogP contribution in [0.1, 0.15) is 62.0 Å². The fourth-order valence-electron chi connectivity index (χ4n) is 4.67. The number of aryl methyl sites for hydroxylation is 1. The summed E-state index contributed by atoms with van der Waals surface area (Å²) in [6.07, 6.45) is 0.293. The Morgan fingerprint density at radius 3 is 2.77 bits per heavy atom. The smallest absolute Gasteiger partial charge is 0.381 e. The zero-order valence-corrected chi connectivity index (χ0v) is 17.3. The van der Waals surface area contributed by atoms with Crippen LogP contribution in [-0.2, 0) is 22.1 Å². The highest BCUT2D eigenvalue weighted by molar-refractivity contribution is 5.79. The van der Waals surface area contributed by atoms with Crippen LogP contribution in [0.25, 0.3) is 5.65 Å². The van der Waals surface area contributed by atoms with Crippen molar-refractivity contribution in [2.24, 2.45) is 5.92 Å². The summed E-state index contributed by atoms with van der Waals surface area (Å²) in [5.74, 6) is 0.0168. The Morgan fingerprint density at radius 2 is 2.07 bits per heavy atom. The van der Waals surface area contributed by atoms with Gasteiger partial charge >= 0.3 is 6.18 Å². The molecule has 1 amide bonds. The second kappa shape index (κ2) is 8.17. The molecule has 164 valence electrons. The van der Waals surface area contributed by atoms with Crippen LogP contribution in [0.3, 0.4) is 0 Å². The molecule has 3 heterocycles. The number of fused-ring (bicyclic) bond motifs is 1. The van der Waals surface area contributed by atoms with Crippen LogP contribution in [0.4, 0.5) is 13.2 Å². The fraction of sp³-hybridized carbons (Fsp3) is 0.667. The van der Waals surface area contributed by atoms with E-state index in [1.54, 1.807) is 20.1 Å². The van der Waals surface area contributed by atoms with Crippen molar-refractivity contribution in [3.05, 3.63) is 29.2 Å². The topological polar surface area (TPSA) is 59.7 Å². The number of halogens is 3. The molecule has 4 rings (SSSR count). The number of nitrogens with zero attached hydrogens (tertiary/aromatic N) is 4. The molecule has 1 aliphatic carbocycles. The Bertz CT molecular complexity index is 927. The number of amides is 1. The van der Waals surface area contributed by atoms with E-state index in [-0.39, 0.29) is 29.5 Å². The van der Waals surface area contributed by atoms with Gasteiger partial charge in [0.2, 0.25) is 5.91 Å². The number of hydrogen-bond acceptors (Lipinski definition) is 4. The number of carbonyl (C=O) groups is 1. The Morgan fingerprint density at radius 1 is 1.27 bits per heavy atom. The molecule has 2 aromatic rings. The SMILES string of the molecule is CCc1cc(C(F)(F)F)n2nc([C@@H]3CCN(C(=O)[C@H]4CCC[C@H](OC)C4)C3)cc2n1. The van der Waals surface area contributed by atoms with E-state index in [1.165, 1.54) is 0 Å². The largest absolute Gasteiger partial charge is 0.433 e. The maximum atomic E-state index is 13.5. The summed E-state index contributed by atoms with van der Waals surface area (Å²) in [4.78, 5) is 19.1. The zero-order valence-electron chi connectivity index (χ0n) is 17.3. The molecule has 9 heteroatoms. The molecule has 3 atom stereocenters. The zero-order chi connectivity index (χ0) is 21.5. The quantitative estimate of drug-likeness (QED) is 0.749. The van der Waals surface area contributed by atoms with Gasteiger partial charge < -0.3 is 9.64 Å². The maximum Gasteiger partial charge on any atom is 0.433 e. The van der Waals surface area contributed by atoms with Gasteiger partial charge in [0, 0.05) is 43.8 Å². The van der Waals surface area contributed by atoms with Gasteiger partial charge in [0.1, 0.15) is 5.69 Å². The monoisotopic (exact) mass is 424 g/mol. The van der Waals surface area contributed by atoms with E-state index in [0.29, 0.717) is 37.3 Å². The molecule has 0 radical (unpaired) electrons. The fourth-order valence-corrected chi connectivity index (χ4v) is 4.67. The first-order valence-corrected chi connectivity index (χ1v) is 10.6. The third kappa shape index (κ3) is 4.04. The molecule has 0 spiro atoms. The lowest BCUT2D eigenvalue weighted by atomic mass is 9.86. The molecule has 2 fully saturated rings. The van der Waals surface area contributed by atoms with Gasteiger partial charge in [0.25, 0.3) is 0 Å². The van der Waals surface area contributed by atoms with Crippen molar-refractivity contribution in [3.63, 3.8) is 0 Å². The second-order valence-electron chi connectivity index (χ2n) is 8.31. The highest BCUT2D eigenvalue weighted by Gasteiger charge is 2.37. The maximum absolute atomic E-state index is 13.5. The number of methoxy groups -OCH3 is 1. The van der Waals surface area contributed by atoms with Crippen molar-refractivity contribution in [1.29, 1.82) is 0 Å².